The average Bonchev–Trinajstić information content (AvgIpc) is 2.89. The predicted molar refractivity (Wildman–Crippen MR) is 167 cm³/mol. The first-order chi connectivity index (χ1) is 19.3. The second-order valence-corrected chi connectivity index (χ2v) is 12.4. The van der Waals surface area contributed by atoms with Gasteiger partial charge in [-0.2, -0.15) is 12.6 Å². The Kier molecular flexibility index (Phi) is 16.7. The molecule has 0 aliphatic rings. The molecule has 0 aliphatic heterocycles. The smallest absolute Gasteiger partial charge is 0.303 e. The number of carbonyl (C=O) groups is 3. The number of benzene rings is 2. The van der Waals surface area contributed by atoms with E-state index in [9.17, 15) is 22.8 Å². The summed E-state index contributed by atoms with van der Waals surface area (Å²) in [5, 5.41) is 14.7. The van der Waals surface area contributed by atoms with Gasteiger partial charge in [-0.25, -0.2) is 13.1 Å². The number of unbranched alkanes of at least 4 members (excludes halogenated alkanes) is 1. The summed E-state index contributed by atoms with van der Waals surface area (Å²) in [5.41, 5.74) is 1.83. The minimum Gasteiger partial charge on any atom is -0.481 e. The van der Waals surface area contributed by atoms with Gasteiger partial charge >= 0.3 is 5.97 Å². The summed E-state index contributed by atoms with van der Waals surface area (Å²) >= 11 is 10.8. The van der Waals surface area contributed by atoms with Crippen LogP contribution in [0.25, 0.3) is 11.1 Å². The zero-order valence-electron chi connectivity index (χ0n) is 24.1. The van der Waals surface area contributed by atoms with Gasteiger partial charge in [-0.1, -0.05) is 69.1 Å². The number of aliphatic carboxylic acids is 1. The minimum absolute atomic E-state index is 0.0161. The van der Waals surface area contributed by atoms with Crippen LogP contribution in [0.3, 0.4) is 0 Å². The number of sulfonamides is 1. The van der Waals surface area contributed by atoms with Crippen molar-refractivity contribution < 1.29 is 27.9 Å². The maximum atomic E-state index is 12.6. The molecule has 0 unspecified atom stereocenters. The van der Waals surface area contributed by atoms with E-state index < -0.39 is 21.9 Å². The van der Waals surface area contributed by atoms with Gasteiger partial charge in [-0.15, -0.1) is 0 Å². The van der Waals surface area contributed by atoms with Crippen LogP contribution >= 0.6 is 24.2 Å². The van der Waals surface area contributed by atoms with Crippen molar-refractivity contribution >= 4 is 52.0 Å². The van der Waals surface area contributed by atoms with Crippen molar-refractivity contribution in [3.05, 3.63) is 53.1 Å². The van der Waals surface area contributed by atoms with Crippen LogP contribution in [0.4, 0.5) is 0 Å². The maximum Gasteiger partial charge on any atom is 0.303 e. The van der Waals surface area contributed by atoms with Crippen molar-refractivity contribution in [2.45, 2.75) is 77.3 Å². The van der Waals surface area contributed by atoms with Crippen molar-refractivity contribution in [2.75, 3.05) is 12.3 Å². The van der Waals surface area contributed by atoms with Crippen LogP contribution in [0.5, 0.6) is 0 Å². The highest BCUT2D eigenvalue weighted by Crippen LogP contribution is 2.33. The molecular weight excluding hydrogens is 586 g/mol. The van der Waals surface area contributed by atoms with E-state index >= 15 is 0 Å². The Balaban J connectivity index is 0.00000106. The van der Waals surface area contributed by atoms with E-state index in [0.717, 1.165) is 31.7 Å². The fourth-order valence-electron chi connectivity index (χ4n) is 3.87. The van der Waals surface area contributed by atoms with Gasteiger partial charge in [0.1, 0.15) is 0 Å². The summed E-state index contributed by atoms with van der Waals surface area (Å²) in [5.74, 6) is -0.283. The first kappa shape index (κ1) is 36.4. The number of nitrogens with one attached hydrogen (secondary N) is 3. The predicted octanol–water partition coefficient (Wildman–Crippen LogP) is 5.03. The Labute approximate surface area is 254 Å². The van der Waals surface area contributed by atoms with Crippen LogP contribution < -0.4 is 15.4 Å². The molecule has 2 rings (SSSR count). The molecule has 1 atom stereocenters. The van der Waals surface area contributed by atoms with Gasteiger partial charge in [0.2, 0.25) is 11.8 Å². The van der Waals surface area contributed by atoms with Crippen molar-refractivity contribution in [2.24, 2.45) is 5.92 Å². The third-order valence-electron chi connectivity index (χ3n) is 5.72. The molecule has 0 saturated heterocycles. The molecule has 0 saturated carbocycles. The Morgan fingerprint density at radius 2 is 1.73 bits per heavy atom. The third-order valence-corrected chi connectivity index (χ3v) is 7.97. The van der Waals surface area contributed by atoms with Crippen molar-refractivity contribution in [3.8, 4) is 11.1 Å². The molecule has 4 N–H and O–H groups in total. The molecule has 2 aromatic rings. The van der Waals surface area contributed by atoms with Gasteiger partial charge < -0.3 is 15.7 Å². The van der Waals surface area contributed by atoms with E-state index in [1.165, 1.54) is 6.07 Å². The molecular formula is C29H42ClN3O6S2. The molecule has 9 nitrogen and oxygen atoms in total. The summed E-state index contributed by atoms with van der Waals surface area (Å²) in [4.78, 5) is 33.2. The Bertz CT molecular complexity index is 1250. The lowest BCUT2D eigenvalue weighted by molar-refractivity contribution is -0.137. The first-order valence-corrected chi connectivity index (χ1v) is 16.0. The third kappa shape index (κ3) is 14.2. The summed E-state index contributed by atoms with van der Waals surface area (Å²) in [6.07, 6.45) is 3.32. The second kappa shape index (κ2) is 18.8. The van der Waals surface area contributed by atoms with Crippen molar-refractivity contribution in [1.29, 1.82) is 0 Å². The molecule has 2 aromatic carbocycles. The molecule has 0 aromatic heterocycles. The molecule has 41 heavy (non-hydrogen) atoms. The molecule has 0 aliphatic carbocycles. The Morgan fingerprint density at radius 1 is 1.05 bits per heavy atom. The number of carbonyl (C=O) groups excluding carboxylic acids is 2. The lowest BCUT2D eigenvalue weighted by atomic mass is 10.0. The number of thiol groups is 1. The number of rotatable bonds is 15. The molecule has 0 fully saturated rings. The van der Waals surface area contributed by atoms with Crippen LogP contribution in [-0.4, -0.2) is 49.6 Å². The minimum atomic E-state index is -4.02. The number of hydrogen-bond acceptors (Lipinski definition) is 7. The van der Waals surface area contributed by atoms with Gasteiger partial charge in [0, 0.05) is 60.8 Å². The van der Waals surface area contributed by atoms with Crippen molar-refractivity contribution in [1.82, 2.24) is 15.4 Å². The van der Waals surface area contributed by atoms with Crippen LogP contribution in [0.1, 0.15) is 65.4 Å². The molecule has 0 heterocycles. The quantitative estimate of drug-likeness (QED) is 0.138. The Hall–Kier alpha value is -2.60. The highest BCUT2D eigenvalue weighted by molar-refractivity contribution is 7.90. The van der Waals surface area contributed by atoms with Crippen LogP contribution in [0, 0.1) is 5.92 Å². The van der Waals surface area contributed by atoms with Crippen LogP contribution in [0.2, 0.25) is 5.02 Å². The fourth-order valence-corrected chi connectivity index (χ4v) is 5.62. The van der Waals surface area contributed by atoms with E-state index in [1.54, 1.807) is 30.3 Å². The number of carboxylic acid groups (broad SMARTS) is 1. The zero-order chi connectivity index (χ0) is 31.0. The standard InChI is InChI=1S/C24H32ClN3O4S2.C5H10O2/c1-16(2)12-19(15-33)27-24(30)10-11-26-14-18-8-9-20(22(25)13-18)21-6-4-5-7-23(21)34(31,32)28-17(3)29;1-2-3-4-5(6)7/h4-9,13,16,19,26,33H,10-12,14-15H2,1-3H3,(H,27,30)(H,28,29);2-4H2,1H3,(H,6,7)/t19-;/m1./s1. The average molecular weight is 628 g/mol. The summed E-state index contributed by atoms with van der Waals surface area (Å²) in [6, 6.07) is 11.8. The highest BCUT2D eigenvalue weighted by atomic mass is 35.5. The second-order valence-electron chi connectivity index (χ2n) is 9.97. The van der Waals surface area contributed by atoms with Crippen LogP contribution in [0.15, 0.2) is 47.4 Å². The lowest BCUT2D eigenvalue weighted by Gasteiger charge is -2.18. The topological polar surface area (TPSA) is 142 Å². The van der Waals surface area contributed by atoms with Gasteiger partial charge in [0.25, 0.3) is 10.0 Å². The van der Waals surface area contributed by atoms with E-state index in [-0.39, 0.29) is 16.8 Å². The largest absolute Gasteiger partial charge is 0.481 e. The SMILES string of the molecule is CC(=O)NS(=O)(=O)c1ccccc1-c1ccc(CNCCC(=O)N[C@@H](CS)CC(C)C)cc1Cl.CCCCC(=O)O. The molecule has 0 spiro atoms. The summed E-state index contributed by atoms with van der Waals surface area (Å²) in [6.45, 7) is 8.35. The zero-order valence-corrected chi connectivity index (χ0v) is 26.5. The first-order valence-electron chi connectivity index (χ1n) is 13.5. The molecule has 0 bridgehead atoms. The molecule has 228 valence electrons. The van der Waals surface area contributed by atoms with Crippen LogP contribution in [-0.2, 0) is 31.0 Å². The van der Waals surface area contributed by atoms with Crippen molar-refractivity contribution in [3.63, 3.8) is 0 Å². The molecule has 12 heteroatoms. The highest BCUT2D eigenvalue weighted by Gasteiger charge is 2.21. The van der Waals surface area contributed by atoms with E-state index in [2.05, 4.69) is 37.1 Å². The van der Waals surface area contributed by atoms with E-state index in [0.29, 0.717) is 53.8 Å². The number of hydrogen-bond donors (Lipinski definition) is 5. The fraction of sp³-hybridized carbons (Fsp3) is 0.483. The van der Waals surface area contributed by atoms with Gasteiger partial charge in [0.05, 0.1) is 4.90 Å². The maximum absolute atomic E-state index is 12.6. The number of carboxylic acids is 1. The molecule has 2 amide bonds. The van der Waals surface area contributed by atoms with Gasteiger partial charge in [-0.3, -0.25) is 14.4 Å². The Morgan fingerprint density at radius 3 is 2.27 bits per heavy atom. The van der Waals surface area contributed by atoms with E-state index in [4.69, 9.17) is 16.7 Å². The summed E-state index contributed by atoms with van der Waals surface area (Å²) in [7, 11) is -4.02. The molecule has 0 radical (unpaired) electrons. The van der Waals surface area contributed by atoms with Gasteiger partial charge in [-0.05, 0) is 36.5 Å². The van der Waals surface area contributed by atoms with E-state index in [1.807, 2.05) is 17.7 Å². The number of halogens is 1. The number of amides is 2. The van der Waals surface area contributed by atoms with Gasteiger partial charge in [0.15, 0.2) is 0 Å². The monoisotopic (exact) mass is 627 g/mol. The lowest BCUT2D eigenvalue weighted by Crippen LogP contribution is -2.38. The summed E-state index contributed by atoms with van der Waals surface area (Å²) < 4.78 is 27.1. The normalized spacial score (nSPS) is 11.8.